The molecule has 1 rings (SSSR count). The summed E-state index contributed by atoms with van der Waals surface area (Å²) in [5, 5.41) is 13.8. The van der Waals surface area contributed by atoms with E-state index in [4.69, 9.17) is 6.85 Å². The predicted molar refractivity (Wildman–Crippen MR) is 67.7 cm³/mol. The van der Waals surface area contributed by atoms with Gasteiger partial charge < -0.3 is 20.0 Å². The molecule has 0 aliphatic rings. The van der Waals surface area contributed by atoms with Gasteiger partial charge in [0.1, 0.15) is 0 Å². The first-order valence-corrected chi connectivity index (χ1v) is 5.51. The van der Waals surface area contributed by atoms with Crippen LogP contribution in [0.15, 0.2) is 42.0 Å². The summed E-state index contributed by atoms with van der Waals surface area (Å²) in [6, 6.07) is -5.01. The quantitative estimate of drug-likeness (QED) is 0.358. The minimum Gasteiger partial charge on any atom is -0.548 e. The fourth-order valence-corrected chi connectivity index (χ4v) is 1.28. The van der Waals surface area contributed by atoms with Crippen molar-refractivity contribution in [2.45, 2.75) is 19.9 Å². The van der Waals surface area contributed by atoms with Crippen LogP contribution in [0.25, 0.3) is 0 Å². The van der Waals surface area contributed by atoms with Gasteiger partial charge >= 0.3 is 57.4 Å². The zero-order valence-corrected chi connectivity index (χ0v) is 14.6. The van der Waals surface area contributed by atoms with E-state index in [1.807, 2.05) is 0 Å². The molecule has 0 fully saturated rings. The number of hydrogen-bond acceptors (Lipinski definition) is 5. The topological polar surface area (TPSA) is 78.5 Å². The number of allylic oxidation sites excluding steroid dienone is 1. The van der Waals surface area contributed by atoms with Crippen molar-refractivity contribution in [2.75, 3.05) is 6.61 Å². The molecular weight excluding hydrogens is 285 g/mol. The summed E-state index contributed by atoms with van der Waals surface area (Å²) in [6.07, 6.45) is 0.995. The monoisotopic (exact) mass is 306 g/mol. The minimum absolute atomic E-state index is 0. The van der Waals surface area contributed by atoms with E-state index in [0.29, 0.717) is 0 Å². The summed E-state index contributed by atoms with van der Waals surface area (Å²) in [7, 11) is 0. The fraction of sp³-hybridized carbons (Fsp3) is 0.286. The van der Waals surface area contributed by atoms with Gasteiger partial charge in [-0.15, -0.1) is 0 Å². The number of carboxylic acid groups (broad SMARTS) is 1. The second kappa shape index (κ2) is 10.1. The van der Waals surface area contributed by atoms with Crippen molar-refractivity contribution < 1.29 is 77.7 Å². The molecule has 0 aromatic heterocycles. The van der Waals surface area contributed by atoms with Gasteiger partial charge in [-0.1, -0.05) is 30.2 Å². The second-order valence-electron chi connectivity index (χ2n) is 3.51. The number of aliphatic carboxylic acids is 1. The summed E-state index contributed by atoms with van der Waals surface area (Å²) in [5.74, 6) is -2.41. The van der Waals surface area contributed by atoms with E-state index in [0.717, 1.165) is 6.08 Å². The van der Waals surface area contributed by atoms with Crippen LogP contribution in [-0.2, 0) is 14.3 Å². The van der Waals surface area contributed by atoms with Crippen LogP contribution in [0.4, 0.5) is 0 Å². The second-order valence-corrected chi connectivity index (χ2v) is 3.51. The number of nitrogens with one attached hydrogen (secondary N) is 1. The van der Waals surface area contributed by atoms with E-state index in [2.05, 4.69) is 10.1 Å². The zero-order valence-electron chi connectivity index (χ0n) is 16.5. The van der Waals surface area contributed by atoms with Gasteiger partial charge in [-0.05, 0) is 19.4 Å². The number of hydrogen-bond donors (Lipinski definition) is 1. The van der Waals surface area contributed by atoms with Gasteiger partial charge in [0.05, 0.1) is 25.5 Å². The molecule has 102 valence electrons. The van der Waals surface area contributed by atoms with Crippen molar-refractivity contribution in [3.63, 3.8) is 0 Å². The Labute approximate surface area is 167 Å². The van der Waals surface area contributed by atoms with Gasteiger partial charge in [-0.2, -0.15) is 0 Å². The van der Waals surface area contributed by atoms with Crippen LogP contribution in [0.1, 0.15) is 32.3 Å². The Morgan fingerprint density at radius 3 is 2.55 bits per heavy atom. The number of carbonyl (C=O) groups is 2. The standard InChI is InChI=1S/C14H17NO4.K/c1-3-19-12(16)9-10(2)15-13(14(17)18)11-7-5-4-6-8-11;/h4-9,13,15H,3H2,1-2H3,(H,17,18);/q;+1/p-1/b10-9+;/i4D,5D,6D,7D,8D;. The van der Waals surface area contributed by atoms with Gasteiger partial charge in [0, 0.05) is 11.8 Å². The SMILES string of the molecule is [2H]c1c([2H])c([2H])c(C(N/C(C)=C/C(=O)OCC)C(=O)[O-])c([2H])c1[2H].[K+]. The Morgan fingerprint density at radius 2 is 2.05 bits per heavy atom. The Morgan fingerprint density at radius 1 is 1.45 bits per heavy atom. The minimum atomic E-state index is -1.73. The van der Waals surface area contributed by atoms with E-state index in [1.165, 1.54) is 6.92 Å². The summed E-state index contributed by atoms with van der Waals surface area (Å²) in [5.41, 5.74) is -0.396. The first-order chi connectivity index (χ1) is 11.1. The molecule has 0 saturated heterocycles. The summed E-state index contributed by atoms with van der Waals surface area (Å²) < 4.78 is 43.0. The van der Waals surface area contributed by atoms with Crippen LogP contribution in [0, 0.1) is 0 Å². The Hall–Kier alpha value is -0.664. The molecule has 0 saturated carbocycles. The van der Waals surface area contributed by atoms with E-state index < -0.39 is 53.8 Å². The fourth-order valence-electron chi connectivity index (χ4n) is 1.28. The van der Waals surface area contributed by atoms with Crippen LogP contribution < -0.4 is 61.8 Å². The number of ether oxygens (including phenoxy) is 1. The average molecular weight is 306 g/mol. The molecule has 6 heteroatoms. The molecule has 1 N–H and O–H groups in total. The van der Waals surface area contributed by atoms with Crippen molar-refractivity contribution in [2.24, 2.45) is 0 Å². The molecule has 0 aliphatic heterocycles. The third-order valence-corrected chi connectivity index (χ3v) is 2.04. The van der Waals surface area contributed by atoms with Crippen LogP contribution in [0.2, 0.25) is 0 Å². The normalized spacial score (nSPS) is 15.5. The number of rotatable bonds is 6. The summed E-state index contributed by atoms with van der Waals surface area (Å²) >= 11 is 0. The molecule has 0 heterocycles. The Balaban J connectivity index is 0.00000576. The van der Waals surface area contributed by atoms with Gasteiger partial charge in [0.25, 0.3) is 0 Å². The van der Waals surface area contributed by atoms with E-state index in [-0.39, 0.29) is 63.7 Å². The van der Waals surface area contributed by atoms with Crippen molar-refractivity contribution in [1.82, 2.24) is 5.32 Å². The summed E-state index contributed by atoms with van der Waals surface area (Å²) in [6.45, 7) is 3.11. The van der Waals surface area contributed by atoms with E-state index >= 15 is 0 Å². The summed E-state index contributed by atoms with van der Waals surface area (Å²) in [4.78, 5) is 22.8. The maximum Gasteiger partial charge on any atom is 1.00 e. The molecule has 0 aliphatic carbocycles. The smallest absolute Gasteiger partial charge is 0.548 e. The molecule has 20 heavy (non-hydrogen) atoms. The third-order valence-electron chi connectivity index (χ3n) is 2.04. The third kappa shape index (κ3) is 6.67. The van der Waals surface area contributed by atoms with Crippen molar-refractivity contribution in [1.29, 1.82) is 0 Å². The number of carbonyl (C=O) groups excluding carboxylic acids is 2. The van der Waals surface area contributed by atoms with Gasteiger partial charge in [0.15, 0.2) is 0 Å². The predicted octanol–water partition coefficient (Wildman–Crippen LogP) is -2.46. The largest absolute Gasteiger partial charge is 1.00 e. The average Bonchev–Trinajstić information content (AvgIpc) is 2.50. The van der Waals surface area contributed by atoms with Crippen LogP contribution in [-0.4, -0.2) is 18.5 Å². The van der Waals surface area contributed by atoms with Crippen molar-refractivity contribution in [3.05, 3.63) is 47.5 Å². The van der Waals surface area contributed by atoms with Crippen LogP contribution >= 0.6 is 0 Å². The number of benzene rings is 1. The first-order valence-electron chi connectivity index (χ1n) is 8.01. The Bertz CT molecular complexity index is 682. The molecule has 5 nitrogen and oxygen atoms in total. The molecule has 1 atom stereocenters. The van der Waals surface area contributed by atoms with Gasteiger partial charge in [0.2, 0.25) is 0 Å². The maximum absolute atomic E-state index is 11.4. The van der Waals surface area contributed by atoms with Gasteiger partial charge in [-0.25, -0.2) is 4.79 Å². The molecule has 0 radical (unpaired) electrons. The Kier molecular flexibility index (Phi) is 6.04. The maximum atomic E-state index is 11.4. The first kappa shape index (κ1) is 11.9. The van der Waals surface area contributed by atoms with Gasteiger partial charge in [-0.3, -0.25) is 0 Å². The number of carboxylic acids is 1. The van der Waals surface area contributed by atoms with E-state index in [1.54, 1.807) is 6.92 Å². The van der Waals surface area contributed by atoms with Crippen LogP contribution in [0.3, 0.4) is 0 Å². The van der Waals surface area contributed by atoms with Crippen molar-refractivity contribution in [3.8, 4) is 0 Å². The number of esters is 1. The van der Waals surface area contributed by atoms with Crippen LogP contribution in [0.5, 0.6) is 0 Å². The molecule has 0 bridgehead atoms. The molecule has 0 spiro atoms. The molecular formula is C14H16KNO4. The van der Waals surface area contributed by atoms with Crippen molar-refractivity contribution >= 4 is 11.9 Å². The molecule has 1 unspecified atom stereocenters. The molecule has 1 aromatic rings. The molecule has 0 amide bonds. The zero-order chi connectivity index (χ0) is 18.6. The van der Waals surface area contributed by atoms with E-state index in [9.17, 15) is 14.7 Å². The molecule has 1 aromatic carbocycles.